The van der Waals surface area contributed by atoms with Gasteiger partial charge in [0.25, 0.3) is 0 Å². The maximum atomic E-state index is 6.50. The number of ether oxygens (including phenoxy) is 1. The molecule has 2 aromatic carbocycles. The van der Waals surface area contributed by atoms with E-state index in [1.165, 1.54) is 0 Å². The van der Waals surface area contributed by atoms with Crippen LogP contribution in [0.25, 0.3) is 0 Å². The predicted octanol–water partition coefficient (Wildman–Crippen LogP) is 6.63. The third-order valence-corrected chi connectivity index (χ3v) is 5.06. The number of hydrogen-bond acceptors (Lipinski definition) is 2. The van der Waals surface area contributed by atoms with Crippen molar-refractivity contribution in [2.24, 2.45) is 0 Å². The van der Waals surface area contributed by atoms with Crippen LogP contribution >= 0.6 is 38.9 Å². The topological polar surface area (TPSA) is 9.23 Å². The minimum atomic E-state index is -0.140. The molecule has 0 aliphatic carbocycles. The second-order valence-corrected chi connectivity index (χ2v) is 7.26. The molecule has 3 aromatic rings. The zero-order valence-corrected chi connectivity index (χ0v) is 14.2. The standard InChI is InChI=1S/C17H12BrClOS/c18-16-10-13(11-21-16)17(19)12-6-8-15(9-7-12)20-14-4-2-1-3-5-14/h1-11,17H. The van der Waals surface area contributed by atoms with Crippen molar-refractivity contribution in [1.29, 1.82) is 0 Å². The summed E-state index contributed by atoms with van der Waals surface area (Å²) in [5.74, 6) is 1.63. The fourth-order valence-electron chi connectivity index (χ4n) is 1.98. The lowest BCUT2D eigenvalue weighted by Crippen LogP contribution is -1.91. The third kappa shape index (κ3) is 3.67. The third-order valence-electron chi connectivity index (χ3n) is 3.03. The minimum Gasteiger partial charge on any atom is -0.457 e. The zero-order valence-electron chi connectivity index (χ0n) is 11.0. The van der Waals surface area contributed by atoms with Gasteiger partial charge >= 0.3 is 0 Å². The fourth-order valence-corrected chi connectivity index (χ4v) is 3.53. The smallest absolute Gasteiger partial charge is 0.127 e. The Kier molecular flexibility index (Phi) is 4.63. The molecule has 0 aliphatic heterocycles. The lowest BCUT2D eigenvalue weighted by molar-refractivity contribution is 0.482. The van der Waals surface area contributed by atoms with Crippen molar-refractivity contribution in [3.63, 3.8) is 0 Å². The van der Waals surface area contributed by atoms with Gasteiger partial charge in [-0.25, -0.2) is 0 Å². The monoisotopic (exact) mass is 378 g/mol. The van der Waals surface area contributed by atoms with E-state index in [0.717, 1.165) is 26.4 Å². The van der Waals surface area contributed by atoms with Crippen molar-refractivity contribution in [3.05, 3.63) is 81.0 Å². The first-order valence-corrected chi connectivity index (χ1v) is 8.54. The molecule has 1 unspecified atom stereocenters. The number of rotatable bonds is 4. The number of hydrogen-bond donors (Lipinski definition) is 0. The number of para-hydroxylation sites is 1. The fraction of sp³-hybridized carbons (Fsp3) is 0.0588. The highest BCUT2D eigenvalue weighted by atomic mass is 79.9. The molecule has 1 atom stereocenters. The van der Waals surface area contributed by atoms with Gasteiger partial charge in [-0.1, -0.05) is 30.3 Å². The van der Waals surface area contributed by atoms with E-state index in [1.807, 2.05) is 54.6 Å². The maximum absolute atomic E-state index is 6.50. The molecule has 1 heterocycles. The lowest BCUT2D eigenvalue weighted by Gasteiger charge is -2.10. The van der Waals surface area contributed by atoms with Crippen molar-refractivity contribution < 1.29 is 4.74 Å². The van der Waals surface area contributed by atoms with Crippen LogP contribution in [0.3, 0.4) is 0 Å². The summed E-state index contributed by atoms with van der Waals surface area (Å²) < 4.78 is 6.86. The van der Waals surface area contributed by atoms with Gasteiger partial charge in [0.1, 0.15) is 11.5 Å². The largest absolute Gasteiger partial charge is 0.457 e. The van der Waals surface area contributed by atoms with Crippen LogP contribution in [-0.4, -0.2) is 0 Å². The average Bonchev–Trinajstić information content (AvgIpc) is 2.95. The van der Waals surface area contributed by atoms with Gasteiger partial charge < -0.3 is 4.74 Å². The van der Waals surface area contributed by atoms with Gasteiger partial charge in [-0.05, 0) is 62.8 Å². The Hall–Kier alpha value is -1.29. The van der Waals surface area contributed by atoms with Crippen LogP contribution in [0, 0.1) is 0 Å². The van der Waals surface area contributed by atoms with E-state index in [2.05, 4.69) is 27.4 Å². The van der Waals surface area contributed by atoms with E-state index in [4.69, 9.17) is 16.3 Å². The van der Waals surface area contributed by atoms with E-state index < -0.39 is 0 Å². The Bertz CT molecular complexity index is 709. The summed E-state index contributed by atoms with van der Waals surface area (Å²) in [7, 11) is 0. The van der Waals surface area contributed by atoms with E-state index in [1.54, 1.807) is 11.3 Å². The molecule has 1 nitrogen and oxygen atoms in total. The maximum Gasteiger partial charge on any atom is 0.127 e. The quantitative estimate of drug-likeness (QED) is 0.462. The molecule has 0 saturated carbocycles. The molecular formula is C17H12BrClOS. The summed E-state index contributed by atoms with van der Waals surface area (Å²) in [6.07, 6.45) is 0. The summed E-state index contributed by atoms with van der Waals surface area (Å²) in [6.45, 7) is 0. The second-order valence-electron chi connectivity index (χ2n) is 4.53. The molecule has 21 heavy (non-hydrogen) atoms. The SMILES string of the molecule is ClC(c1ccc(Oc2ccccc2)cc1)c1csc(Br)c1. The highest BCUT2D eigenvalue weighted by Gasteiger charge is 2.12. The Morgan fingerprint density at radius 3 is 2.19 bits per heavy atom. The molecule has 0 spiro atoms. The van der Waals surface area contributed by atoms with Crippen LogP contribution in [0.4, 0.5) is 0 Å². The molecule has 0 aliphatic rings. The molecule has 0 bridgehead atoms. The first-order valence-electron chi connectivity index (χ1n) is 6.43. The molecule has 0 saturated heterocycles. The molecular weight excluding hydrogens is 368 g/mol. The summed E-state index contributed by atoms with van der Waals surface area (Å²) in [5.41, 5.74) is 2.16. The predicted molar refractivity (Wildman–Crippen MR) is 92.7 cm³/mol. The van der Waals surface area contributed by atoms with Crippen LogP contribution in [-0.2, 0) is 0 Å². The lowest BCUT2D eigenvalue weighted by atomic mass is 10.1. The molecule has 0 fully saturated rings. The van der Waals surface area contributed by atoms with Crippen molar-refractivity contribution in [2.75, 3.05) is 0 Å². The molecule has 4 heteroatoms. The molecule has 0 amide bonds. The van der Waals surface area contributed by atoms with Crippen LogP contribution in [0.2, 0.25) is 0 Å². The van der Waals surface area contributed by atoms with Crippen molar-refractivity contribution in [1.82, 2.24) is 0 Å². The van der Waals surface area contributed by atoms with Gasteiger partial charge in [0.2, 0.25) is 0 Å². The number of alkyl halides is 1. The first-order chi connectivity index (χ1) is 10.2. The van der Waals surface area contributed by atoms with Gasteiger partial charge in [0, 0.05) is 0 Å². The Labute approximate surface area is 141 Å². The van der Waals surface area contributed by atoms with Crippen molar-refractivity contribution >= 4 is 38.9 Å². The highest BCUT2D eigenvalue weighted by Crippen LogP contribution is 2.34. The van der Waals surface area contributed by atoms with E-state index in [0.29, 0.717) is 0 Å². The summed E-state index contributed by atoms with van der Waals surface area (Å²) in [6, 6.07) is 19.7. The first kappa shape index (κ1) is 14.6. The second kappa shape index (κ2) is 6.65. The van der Waals surface area contributed by atoms with Crippen LogP contribution < -0.4 is 4.74 Å². The number of halogens is 2. The van der Waals surface area contributed by atoms with Crippen LogP contribution in [0.5, 0.6) is 11.5 Å². The van der Waals surface area contributed by atoms with Gasteiger partial charge in [-0.2, -0.15) is 0 Å². The molecule has 3 rings (SSSR count). The van der Waals surface area contributed by atoms with Crippen molar-refractivity contribution in [3.8, 4) is 11.5 Å². The molecule has 0 N–H and O–H groups in total. The molecule has 1 aromatic heterocycles. The van der Waals surface area contributed by atoms with E-state index in [9.17, 15) is 0 Å². The highest BCUT2D eigenvalue weighted by molar-refractivity contribution is 9.11. The van der Waals surface area contributed by atoms with E-state index in [-0.39, 0.29) is 5.38 Å². The summed E-state index contributed by atoms with van der Waals surface area (Å²) >= 11 is 11.6. The van der Waals surface area contributed by atoms with E-state index >= 15 is 0 Å². The summed E-state index contributed by atoms with van der Waals surface area (Å²) in [4.78, 5) is 0. The van der Waals surface area contributed by atoms with Crippen LogP contribution in [0.15, 0.2) is 69.8 Å². The van der Waals surface area contributed by atoms with Crippen LogP contribution in [0.1, 0.15) is 16.5 Å². The molecule has 106 valence electrons. The van der Waals surface area contributed by atoms with Gasteiger partial charge in [-0.3, -0.25) is 0 Å². The van der Waals surface area contributed by atoms with Gasteiger partial charge in [-0.15, -0.1) is 22.9 Å². The Balaban J connectivity index is 1.75. The summed E-state index contributed by atoms with van der Waals surface area (Å²) in [5, 5.41) is 1.93. The minimum absolute atomic E-state index is 0.140. The zero-order chi connectivity index (χ0) is 14.7. The average molecular weight is 380 g/mol. The Morgan fingerprint density at radius 1 is 0.905 bits per heavy atom. The number of thiophene rings is 1. The van der Waals surface area contributed by atoms with Gasteiger partial charge in [0.15, 0.2) is 0 Å². The van der Waals surface area contributed by atoms with Crippen molar-refractivity contribution in [2.45, 2.75) is 5.38 Å². The Morgan fingerprint density at radius 2 is 1.57 bits per heavy atom. The van der Waals surface area contributed by atoms with Gasteiger partial charge in [0.05, 0.1) is 9.16 Å². The molecule has 0 radical (unpaired) electrons. The normalized spacial score (nSPS) is 12.1. The number of benzene rings is 2.